The highest BCUT2D eigenvalue weighted by Crippen LogP contribution is 2.17. The molecule has 164 valence electrons. The molecule has 31 heavy (non-hydrogen) atoms. The van der Waals surface area contributed by atoms with Gasteiger partial charge in [-0.15, -0.1) is 0 Å². The molecule has 3 atom stereocenters. The maximum Gasteiger partial charge on any atom is 0.331 e. The minimum absolute atomic E-state index is 0.160. The molecule has 0 fully saturated rings. The van der Waals surface area contributed by atoms with Crippen molar-refractivity contribution in [1.29, 1.82) is 0 Å². The summed E-state index contributed by atoms with van der Waals surface area (Å²) in [5.74, 6) is -2.65. The average molecular weight is 427 g/mol. The summed E-state index contributed by atoms with van der Waals surface area (Å²) in [4.78, 5) is 52.2. The van der Waals surface area contributed by atoms with E-state index in [1.807, 2.05) is 12.1 Å². The first-order chi connectivity index (χ1) is 14.7. The number of carbonyl (C=O) groups excluding carboxylic acids is 4. The van der Waals surface area contributed by atoms with Crippen molar-refractivity contribution in [3.05, 3.63) is 60.0 Å². The molecule has 0 amide bonds. The highest BCUT2D eigenvalue weighted by Gasteiger charge is 2.21. The van der Waals surface area contributed by atoms with Gasteiger partial charge < -0.3 is 14.2 Å². The Morgan fingerprint density at radius 3 is 2.48 bits per heavy atom. The summed E-state index contributed by atoms with van der Waals surface area (Å²) in [7, 11) is 0. The highest BCUT2D eigenvalue weighted by atomic mass is 16.6. The largest absolute Gasteiger partial charge is 0.459 e. The Hall–Kier alpha value is -3.55. The topological polar surface area (TPSA) is 109 Å². The standard InChI is InChI=1S/C23H25NO7/c1-15(12-18-6-5-11-24-14-18)20-7-4-8-21(26)30-17(3)19(25)9-10-22(27)29-16(2)13-23(28)31-20/h4-6,8-12,14,16-17,20H,7,13H2,1-3H3/b8-4+,10-9+,15-12+/t16-,17-,20?/m0/s1. The number of ether oxygens (including phenoxy) is 3. The van der Waals surface area contributed by atoms with E-state index in [4.69, 9.17) is 14.2 Å². The maximum atomic E-state index is 12.4. The van der Waals surface area contributed by atoms with Crippen LogP contribution in [0.4, 0.5) is 0 Å². The van der Waals surface area contributed by atoms with Crippen LogP contribution in [0.15, 0.2) is 54.4 Å². The van der Waals surface area contributed by atoms with Crippen molar-refractivity contribution in [1.82, 2.24) is 4.98 Å². The van der Waals surface area contributed by atoms with Gasteiger partial charge >= 0.3 is 17.9 Å². The molecule has 0 radical (unpaired) electrons. The van der Waals surface area contributed by atoms with E-state index in [0.29, 0.717) is 0 Å². The predicted octanol–water partition coefficient (Wildman–Crippen LogP) is 2.74. The minimum atomic E-state index is -1.06. The summed E-state index contributed by atoms with van der Waals surface area (Å²) in [5.41, 5.74) is 1.56. The number of carbonyl (C=O) groups is 4. The second-order valence-electron chi connectivity index (χ2n) is 7.06. The Bertz CT molecular complexity index is 902. The molecule has 1 aromatic heterocycles. The van der Waals surface area contributed by atoms with Crippen molar-refractivity contribution < 1.29 is 33.4 Å². The molecular weight excluding hydrogens is 402 g/mol. The third-order valence-corrected chi connectivity index (χ3v) is 4.31. The molecule has 0 aromatic carbocycles. The second-order valence-corrected chi connectivity index (χ2v) is 7.06. The number of cyclic esters (lactones) is 3. The zero-order valence-electron chi connectivity index (χ0n) is 17.6. The molecule has 2 rings (SSSR count). The molecule has 0 bridgehead atoms. The Morgan fingerprint density at radius 1 is 1.03 bits per heavy atom. The van der Waals surface area contributed by atoms with E-state index in [9.17, 15) is 19.2 Å². The first-order valence-electron chi connectivity index (χ1n) is 9.82. The van der Waals surface area contributed by atoms with Gasteiger partial charge in [0.05, 0.1) is 6.42 Å². The summed E-state index contributed by atoms with van der Waals surface area (Å²) in [6.07, 6.45) is 7.32. The van der Waals surface area contributed by atoms with Crippen LogP contribution in [0, 0.1) is 0 Å². The first kappa shape index (κ1) is 23.7. The summed E-state index contributed by atoms with van der Waals surface area (Å²) in [6, 6.07) is 3.64. The third kappa shape index (κ3) is 8.38. The van der Waals surface area contributed by atoms with Crippen molar-refractivity contribution in [2.45, 2.75) is 51.9 Å². The van der Waals surface area contributed by atoms with E-state index < -0.39 is 42.0 Å². The summed E-state index contributed by atoms with van der Waals surface area (Å²) < 4.78 is 15.7. The van der Waals surface area contributed by atoms with Gasteiger partial charge in [-0.3, -0.25) is 14.6 Å². The van der Waals surface area contributed by atoms with Gasteiger partial charge in [0.15, 0.2) is 11.9 Å². The number of esters is 3. The first-order valence-corrected chi connectivity index (χ1v) is 9.82. The number of hydrogen-bond donors (Lipinski definition) is 0. The maximum absolute atomic E-state index is 12.4. The van der Waals surface area contributed by atoms with Gasteiger partial charge in [-0.25, -0.2) is 9.59 Å². The monoisotopic (exact) mass is 427 g/mol. The zero-order valence-corrected chi connectivity index (χ0v) is 17.6. The predicted molar refractivity (Wildman–Crippen MR) is 111 cm³/mol. The number of nitrogens with zero attached hydrogens (tertiary/aromatic N) is 1. The van der Waals surface area contributed by atoms with Crippen LogP contribution in [-0.4, -0.2) is 47.0 Å². The number of ketones is 1. The van der Waals surface area contributed by atoms with Gasteiger partial charge in [-0.1, -0.05) is 18.2 Å². The van der Waals surface area contributed by atoms with Crippen molar-refractivity contribution in [2.24, 2.45) is 0 Å². The lowest BCUT2D eigenvalue weighted by Gasteiger charge is -2.19. The van der Waals surface area contributed by atoms with Crippen molar-refractivity contribution in [3.8, 4) is 0 Å². The fourth-order valence-electron chi connectivity index (χ4n) is 2.71. The van der Waals surface area contributed by atoms with Gasteiger partial charge in [-0.05, 0) is 44.1 Å². The summed E-state index contributed by atoms with van der Waals surface area (Å²) >= 11 is 0. The fraction of sp³-hybridized carbons (Fsp3) is 0.348. The molecule has 0 saturated carbocycles. The van der Waals surface area contributed by atoms with Gasteiger partial charge in [0.1, 0.15) is 12.2 Å². The quantitative estimate of drug-likeness (QED) is 0.524. The van der Waals surface area contributed by atoms with Crippen LogP contribution in [0.5, 0.6) is 0 Å². The van der Waals surface area contributed by atoms with Crippen molar-refractivity contribution >= 4 is 29.8 Å². The minimum Gasteiger partial charge on any atom is -0.459 e. The molecule has 0 N–H and O–H groups in total. The van der Waals surface area contributed by atoms with Gasteiger partial charge in [0, 0.05) is 31.0 Å². The van der Waals surface area contributed by atoms with Gasteiger partial charge in [-0.2, -0.15) is 0 Å². The van der Waals surface area contributed by atoms with Crippen LogP contribution >= 0.6 is 0 Å². The van der Waals surface area contributed by atoms with Crippen LogP contribution < -0.4 is 0 Å². The molecule has 0 aliphatic carbocycles. The van der Waals surface area contributed by atoms with E-state index in [0.717, 1.165) is 23.3 Å². The number of rotatable bonds is 2. The molecule has 2 heterocycles. The lowest BCUT2D eigenvalue weighted by Crippen LogP contribution is -2.25. The van der Waals surface area contributed by atoms with E-state index in [1.165, 1.54) is 19.1 Å². The Balaban J connectivity index is 2.24. The van der Waals surface area contributed by atoms with Gasteiger partial charge in [0.25, 0.3) is 0 Å². The molecule has 1 aliphatic heterocycles. The SMILES string of the molecule is C/C(=C\c1cccnc1)C1C/C=C/C(=O)O[C@@H](C)C(=O)/C=C/C(=O)O[C@@H](C)CC(=O)O1. The molecule has 1 aromatic rings. The highest BCUT2D eigenvalue weighted by molar-refractivity contribution is 5.99. The lowest BCUT2D eigenvalue weighted by molar-refractivity contribution is -0.153. The molecule has 8 nitrogen and oxygen atoms in total. The Labute approximate surface area is 180 Å². The summed E-state index contributed by atoms with van der Waals surface area (Å²) in [6.45, 7) is 4.75. The number of hydrogen-bond acceptors (Lipinski definition) is 8. The molecule has 1 aliphatic rings. The van der Waals surface area contributed by atoms with Crippen LogP contribution in [0.1, 0.15) is 39.2 Å². The van der Waals surface area contributed by atoms with E-state index in [1.54, 1.807) is 32.3 Å². The van der Waals surface area contributed by atoms with E-state index >= 15 is 0 Å². The molecule has 0 saturated heterocycles. The number of aromatic nitrogens is 1. The lowest BCUT2D eigenvalue weighted by atomic mass is 10.1. The van der Waals surface area contributed by atoms with Crippen molar-refractivity contribution in [3.63, 3.8) is 0 Å². The summed E-state index contributed by atoms with van der Waals surface area (Å²) in [5, 5.41) is 0. The normalized spacial score (nSPS) is 26.4. The Kier molecular flexibility index (Phi) is 8.87. The zero-order chi connectivity index (χ0) is 22.8. The van der Waals surface area contributed by atoms with Crippen LogP contribution in [0.3, 0.4) is 0 Å². The second kappa shape index (κ2) is 11.6. The fourth-order valence-corrected chi connectivity index (χ4v) is 2.71. The van der Waals surface area contributed by atoms with E-state index in [2.05, 4.69) is 4.98 Å². The Morgan fingerprint density at radius 2 is 1.77 bits per heavy atom. The van der Waals surface area contributed by atoms with Gasteiger partial charge in [0.2, 0.25) is 0 Å². The van der Waals surface area contributed by atoms with Crippen LogP contribution in [0.25, 0.3) is 6.08 Å². The third-order valence-electron chi connectivity index (χ3n) is 4.31. The van der Waals surface area contributed by atoms with Crippen LogP contribution in [-0.2, 0) is 33.4 Å². The van der Waals surface area contributed by atoms with Crippen LogP contribution in [0.2, 0.25) is 0 Å². The molecule has 0 spiro atoms. The molecule has 8 heteroatoms. The van der Waals surface area contributed by atoms with E-state index in [-0.39, 0.29) is 12.8 Å². The average Bonchev–Trinajstić information content (AvgIpc) is 2.71. The smallest absolute Gasteiger partial charge is 0.331 e. The molecule has 1 unspecified atom stereocenters. The number of pyridine rings is 1. The molecular formula is C23H25NO7. The van der Waals surface area contributed by atoms with Crippen molar-refractivity contribution in [2.75, 3.05) is 0 Å².